The minimum absolute atomic E-state index is 0.109. The van der Waals surface area contributed by atoms with Crippen molar-refractivity contribution < 1.29 is 13.5 Å². The Kier molecular flexibility index (Phi) is 4.30. The molecule has 0 radical (unpaired) electrons. The minimum Gasteiger partial charge on any atom is -0.392 e. The second-order valence-corrected chi connectivity index (χ2v) is 12.0. The molecule has 0 unspecified atom stereocenters. The summed E-state index contributed by atoms with van der Waals surface area (Å²) in [6.07, 6.45) is 3.68. The number of nitrogens with zero attached hydrogens (tertiary/aromatic N) is 1. The SMILES string of the molecule is Cc1ccc(S(=O)(=O)N/N=C2/[C@@H]3[C@@H](CC2(C)C)[C@]2(C)CCC[C@]3(C)[C@@H]2O)cc1. The topological polar surface area (TPSA) is 78.8 Å². The fraction of sp³-hybridized carbons (Fsp3) is 0.682. The van der Waals surface area contributed by atoms with Crippen LogP contribution in [0.25, 0.3) is 0 Å². The van der Waals surface area contributed by atoms with E-state index in [4.69, 9.17) is 0 Å². The summed E-state index contributed by atoms with van der Waals surface area (Å²) >= 11 is 0. The molecule has 1 aromatic rings. The molecule has 5 nitrogen and oxygen atoms in total. The van der Waals surface area contributed by atoms with Crippen LogP contribution < -0.4 is 4.83 Å². The van der Waals surface area contributed by atoms with Gasteiger partial charge in [-0.25, -0.2) is 4.83 Å². The first-order valence-electron chi connectivity index (χ1n) is 10.3. The van der Waals surface area contributed by atoms with Gasteiger partial charge in [-0.05, 0) is 49.7 Å². The van der Waals surface area contributed by atoms with Crippen LogP contribution >= 0.6 is 0 Å². The highest BCUT2D eigenvalue weighted by molar-refractivity contribution is 7.89. The molecular formula is C22H32N2O3S. The third-order valence-corrected chi connectivity index (χ3v) is 9.20. The zero-order valence-electron chi connectivity index (χ0n) is 17.5. The van der Waals surface area contributed by atoms with E-state index in [-0.39, 0.29) is 33.2 Å². The van der Waals surface area contributed by atoms with E-state index in [0.29, 0.717) is 5.92 Å². The summed E-state index contributed by atoms with van der Waals surface area (Å²) in [7, 11) is -3.71. The van der Waals surface area contributed by atoms with Crippen molar-refractivity contribution in [3.8, 4) is 0 Å². The van der Waals surface area contributed by atoms with Gasteiger partial charge in [0.25, 0.3) is 10.0 Å². The second-order valence-electron chi connectivity index (χ2n) is 10.3. The molecule has 3 fully saturated rings. The molecule has 0 spiro atoms. The smallest absolute Gasteiger partial charge is 0.276 e. The Morgan fingerprint density at radius 3 is 2.32 bits per heavy atom. The van der Waals surface area contributed by atoms with Gasteiger partial charge in [0.2, 0.25) is 0 Å². The van der Waals surface area contributed by atoms with E-state index in [1.165, 1.54) is 0 Å². The summed E-state index contributed by atoms with van der Waals surface area (Å²) in [6.45, 7) is 10.6. The zero-order chi connectivity index (χ0) is 20.5. The molecule has 2 bridgehead atoms. The van der Waals surface area contributed by atoms with Crippen LogP contribution in [-0.4, -0.2) is 25.3 Å². The van der Waals surface area contributed by atoms with Crippen LogP contribution in [0.2, 0.25) is 0 Å². The molecule has 0 aliphatic heterocycles. The van der Waals surface area contributed by atoms with E-state index in [2.05, 4.69) is 37.6 Å². The lowest BCUT2D eigenvalue weighted by Gasteiger charge is -2.44. The summed E-state index contributed by atoms with van der Waals surface area (Å²) in [6, 6.07) is 6.79. The highest BCUT2D eigenvalue weighted by Crippen LogP contribution is 2.70. The van der Waals surface area contributed by atoms with E-state index >= 15 is 0 Å². The number of fused-ring (bicyclic) bond motifs is 5. The molecule has 4 rings (SSSR count). The number of hydrogen-bond acceptors (Lipinski definition) is 4. The first kappa shape index (κ1) is 19.9. The standard InChI is InChI=1S/C22H32N2O3S/c1-14-7-9-15(10-8-14)28(26,27)24-23-18-17-16(13-20(18,2)3)21(4)11-6-12-22(17,5)19(21)25/h7-10,16-17,19,24-25H,6,11-13H2,1-5H3/b23-18-/t16-,17+,19-,21+,22+/m1/s1. The van der Waals surface area contributed by atoms with Crippen LogP contribution in [0.15, 0.2) is 34.3 Å². The molecule has 28 heavy (non-hydrogen) atoms. The third kappa shape index (κ3) is 2.67. The lowest BCUT2D eigenvalue weighted by molar-refractivity contribution is -0.0578. The van der Waals surface area contributed by atoms with Crippen LogP contribution in [0, 0.1) is 35.0 Å². The Morgan fingerprint density at radius 2 is 1.68 bits per heavy atom. The van der Waals surface area contributed by atoms with E-state index < -0.39 is 10.0 Å². The van der Waals surface area contributed by atoms with Gasteiger partial charge in [0, 0.05) is 22.5 Å². The monoisotopic (exact) mass is 404 g/mol. The number of rotatable bonds is 3. The highest BCUT2D eigenvalue weighted by atomic mass is 32.2. The molecule has 3 saturated carbocycles. The molecule has 3 aliphatic rings. The Morgan fingerprint density at radius 1 is 1.07 bits per heavy atom. The first-order chi connectivity index (χ1) is 12.9. The molecule has 2 N–H and O–H groups in total. The number of hydrogen-bond donors (Lipinski definition) is 2. The Balaban J connectivity index is 1.71. The summed E-state index contributed by atoms with van der Waals surface area (Å²) in [5.41, 5.74) is 1.38. The molecule has 0 amide bonds. The average Bonchev–Trinajstić information content (AvgIpc) is 2.92. The zero-order valence-corrected chi connectivity index (χ0v) is 18.3. The van der Waals surface area contributed by atoms with Crippen molar-refractivity contribution in [3.63, 3.8) is 0 Å². The average molecular weight is 405 g/mol. The van der Waals surface area contributed by atoms with Gasteiger partial charge >= 0.3 is 0 Å². The van der Waals surface area contributed by atoms with Crippen molar-refractivity contribution in [3.05, 3.63) is 29.8 Å². The van der Waals surface area contributed by atoms with Crippen LogP contribution in [0.1, 0.15) is 58.9 Å². The maximum atomic E-state index is 12.8. The van der Waals surface area contributed by atoms with E-state index in [1.807, 2.05) is 6.92 Å². The molecule has 0 saturated heterocycles. The van der Waals surface area contributed by atoms with Gasteiger partial charge in [0.15, 0.2) is 0 Å². The molecule has 1 aromatic carbocycles. The lowest BCUT2D eigenvalue weighted by Crippen LogP contribution is -2.46. The molecule has 6 heteroatoms. The summed E-state index contributed by atoms with van der Waals surface area (Å²) in [5, 5.41) is 15.7. The number of sulfonamides is 1. The molecule has 0 aromatic heterocycles. The number of benzene rings is 1. The minimum atomic E-state index is -3.71. The van der Waals surface area contributed by atoms with Gasteiger partial charge in [-0.2, -0.15) is 13.5 Å². The van der Waals surface area contributed by atoms with Gasteiger partial charge in [-0.15, -0.1) is 0 Å². The van der Waals surface area contributed by atoms with Gasteiger partial charge in [0.05, 0.1) is 11.0 Å². The van der Waals surface area contributed by atoms with Crippen molar-refractivity contribution >= 4 is 15.7 Å². The lowest BCUT2D eigenvalue weighted by atomic mass is 9.63. The van der Waals surface area contributed by atoms with Gasteiger partial charge < -0.3 is 5.11 Å². The molecule has 154 valence electrons. The first-order valence-corrected chi connectivity index (χ1v) is 11.7. The Labute approximate surface area is 168 Å². The normalized spacial score (nSPS) is 40.5. The van der Waals surface area contributed by atoms with Crippen molar-refractivity contribution in [1.29, 1.82) is 0 Å². The van der Waals surface area contributed by atoms with E-state index in [0.717, 1.165) is 37.0 Å². The quantitative estimate of drug-likeness (QED) is 0.751. The number of aliphatic hydroxyl groups is 1. The Bertz CT molecular complexity index is 922. The number of aryl methyl sites for hydroxylation is 1. The van der Waals surface area contributed by atoms with Gasteiger partial charge in [0.1, 0.15) is 0 Å². The van der Waals surface area contributed by atoms with Crippen molar-refractivity contribution in [2.24, 2.45) is 33.2 Å². The van der Waals surface area contributed by atoms with E-state index in [9.17, 15) is 13.5 Å². The van der Waals surface area contributed by atoms with Crippen molar-refractivity contribution in [1.82, 2.24) is 4.83 Å². The summed E-state index contributed by atoms with van der Waals surface area (Å²) < 4.78 is 25.5. The van der Waals surface area contributed by atoms with Crippen molar-refractivity contribution in [2.45, 2.75) is 71.3 Å². The van der Waals surface area contributed by atoms with Crippen LogP contribution in [0.5, 0.6) is 0 Å². The maximum absolute atomic E-state index is 12.8. The van der Waals surface area contributed by atoms with Gasteiger partial charge in [-0.3, -0.25) is 0 Å². The number of aliphatic hydroxyl groups excluding tert-OH is 1. The second kappa shape index (κ2) is 6.05. The molecule has 3 aliphatic carbocycles. The summed E-state index contributed by atoms with van der Waals surface area (Å²) in [4.78, 5) is 2.73. The van der Waals surface area contributed by atoms with Crippen LogP contribution in [0.3, 0.4) is 0 Å². The predicted molar refractivity (Wildman–Crippen MR) is 110 cm³/mol. The summed E-state index contributed by atoms with van der Waals surface area (Å²) in [5.74, 6) is 0.457. The fourth-order valence-corrected chi connectivity index (χ4v) is 7.28. The maximum Gasteiger partial charge on any atom is 0.276 e. The predicted octanol–water partition coefficient (Wildman–Crippen LogP) is 3.86. The number of nitrogens with one attached hydrogen (secondary N) is 1. The van der Waals surface area contributed by atoms with Gasteiger partial charge in [-0.1, -0.05) is 51.8 Å². The fourth-order valence-electron chi connectivity index (χ4n) is 6.46. The van der Waals surface area contributed by atoms with E-state index in [1.54, 1.807) is 24.3 Å². The van der Waals surface area contributed by atoms with Crippen LogP contribution in [0.4, 0.5) is 0 Å². The highest BCUT2D eigenvalue weighted by Gasteiger charge is 2.70. The Hall–Kier alpha value is -1.40. The number of hydrazone groups is 1. The van der Waals surface area contributed by atoms with Crippen molar-refractivity contribution in [2.75, 3.05) is 0 Å². The molecule has 0 heterocycles. The third-order valence-electron chi connectivity index (χ3n) is 7.98. The largest absolute Gasteiger partial charge is 0.392 e. The molecular weight excluding hydrogens is 372 g/mol. The van der Waals surface area contributed by atoms with Crippen LogP contribution in [-0.2, 0) is 10.0 Å². The molecule has 5 atom stereocenters.